The number of amides is 1. The molecule has 27 heavy (non-hydrogen) atoms. The normalized spacial score (nSPS) is 11.7. The second kappa shape index (κ2) is 9.51. The van der Waals surface area contributed by atoms with E-state index in [2.05, 4.69) is 10.1 Å². The van der Waals surface area contributed by atoms with E-state index in [0.717, 1.165) is 6.07 Å². The van der Waals surface area contributed by atoms with Crippen LogP contribution in [-0.4, -0.2) is 37.2 Å². The number of alkyl halides is 2. The molecule has 0 aliphatic rings. The molecule has 0 saturated carbocycles. The van der Waals surface area contributed by atoms with Crippen LogP contribution < -0.4 is 14.8 Å². The van der Waals surface area contributed by atoms with Crippen molar-refractivity contribution in [1.82, 2.24) is 5.32 Å². The Morgan fingerprint density at radius 1 is 1.15 bits per heavy atom. The maximum Gasteiger partial charge on any atom is 0.387 e. The van der Waals surface area contributed by atoms with E-state index in [1.807, 2.05) is 0 Å². The van der Waals surface area contributed by atoms with Crippen molar-refractivity contribution in [3.05, 3.63) is 59.7 Å². The Morgan fingerprint density at radius 2 is 1.89 bits per heavy atom. The van der Waals surface area contributed by atoms with Gasteiger partial charge < -0.3 is 19.9 Å². The van der Waals surface area contributed by atoms with E-state index in [1.165, 1.54) is 25.3 Å². The van der Waals surface area contributed by atoms with Crippen molar-refractivity contribution in [2.45, 2.75) is 13.0 Å². The molecule has 144 valence electrons. The SMILES string of the molecule is COc1ccccc1CC(CNC(=O)c1cccc(OC(F)F)c1)C(=O)O. The van der Waals surface area contributed by atoms with Gasteiger partial charge in [0.1, 0.15) is 11.5 Å². The van der Waals surface area contributed by atoms with Gasteiger partial charge in [-0.05, 0) is 36.2 Å². The zero-order valence-corrected chi connectivity index (χ0v) is 14.5. The summed E-state index contributed by atoms with van der Waals surface area (Å²) < 4.78 is 34.0. The monoisotopic (exact) mass is 379 g/mol. The summed E-state index contributed by atoms with van der Waals surface area (Å²) in [5.41, 5.74) is 0.795. The Labute approximate surface area is 154 Å². The quantitative estimate of drug-likeness (QED) is 0.700. The molecule has 0 heterocycles. The fourth-order valence-corrected chi connectivity index (χ4v) is 2.52. The number of methoxy groups -OCH3 is 1. The van der Waals surface area contributed by atoms with Crippen molar-refractivity contribution in [2.75, 3.05) is 13.7 Å². The highest BCUT2D eigenvalue weighted by atomic mass is 19.3. The highest BCUT2D eigenvalue weighted by Gasteiger charge is 2.21. The first-order valence-corrected chi connectivity index (χ1v) is 8.08. The third kappa shape index (κ3) is 5.95. The molecular weight excluding hydrogens is 360 g/mol. The highest BCUT2D eigenvalue weighted by Crippen LogP contribution is 2.21. The van der Waals surface area contributed by atoms with Crippen molar-refractivity contribution in [1.29, 1.82) is 0 Å². The molecule has 0 saturated heterocycles. The van der Waals surface area contributed by atoms with Crippen LogP contribution in [0.3, 0.4) is 0 Å². The predicted molar refractivity (Wildman–Crippen MR) is 93.2 cm³/mol. The first kappa shape index (κ1) is 20.2. The molecule has 1 atom stereocenters. The van der Waals surface area contributed by atoms with Crippen LogP contribution in [0, 0.1) is 5.92 Å². The zero-order valence-electron chi connectivity index (χ0n) is 14.5. The van der Waals surface area contributed by atoms with Gasteiger partial charge >= 0.3 is 12.6 Å². The third-order valence-electron chi connectivity index (χ3n) is 3.84. The maximum atomic E-state index is 12.3. The number of para-hydroxylation sites is 1. The number of ether oxygens (including phenoxy) is 2. The van der Waals surface area contributed by atoms with E-state index in [4.69, 9.17) is 4.74 Å². The molecule has 8 heteroatoms. The second-order valence-corrected chi connectivity index (χ2v) is 5.67. The zero-order chi connectivity index (χ0) is 19.8. The molecule has 1 unspecified atom stereocenters. The molecule has 0 radical (unpaired) electrons. The Bertz CT molecular complexity index is 797. The van der Waals surface area contributed by atoms with Gasteiger partial charge in [-0.2, -0.15) is 8.78 Å². The Hall–Kier alpha value is -3.16. The van der Waals surface area contributed by atoms with Crippen molar-refractivity contribution in [2.24, 2.45) is 5.92 Å². The van der Waals surface area contributed by atoms with Crippen molar-refractivity contribution in [3.63, 3.8) is 0 Å². The number of benzene rings is 2. The Morgan fingerprint density at radius 3 is 2.56 bits per heavy atom. The summed E-state index contributed by atoms with van der Waals surface area (Å²) >= 11 is 0. The summed E-state index contributed by atoms with van der Waals surface area (Å²) in [5.74, 6) is -2.13. The van der Waals surface area contributed by atoms with Crippen LogP contribution in [0.15, 0.2) is 48.5 Å². The van der Waals surface area contributed by atoms with Crippen molar-refractivity contribution < 1.29 is 33.0 Å². The van der Waals surface area contributed by atoms with Gasteiger partial charge in [-0.1, -0.05) is 24.3 Å². The highest BCUT2D eigenvalue weighted by molar-refractivity contribution is 5.94. The molecule has 0 aromatic heterocycles. The van der Waals surface area contributed by atoms with Gasteiger partial charge in [0.2, 0.25) is 0 Å². The van der Waals surface area contributed by atoms with Gasteiger partial charge in [0, 0.05) is 12.1 Å². The lowest BCUT2D eigenvalue weighted by Gasteiger charge is -2.15. The molecule has 0 fully saturated rings. The molecule has 1 amide bonds. The third-order valence-corrected chi connectivity index (χ3v) is 3.84. The Balaban J connectivity index is 2.03. The van der Waals surface area contributed by atoms with Crippen LogP contribution in [0.25, 0.3) is 0 Å². The van der Waals surface area contributed by atoms with Gasteiger partial charge in [0.25, 0.3) is 5.91 Å². The van der Waals surface area contributed by atoms with E-state index < -0.39 is 24.4 Å². The van der Waals surface area contributed by atoms with E-state index in [9.17, 15) is 23.5 Å². The predicted octanol–water partition coefficient (Wildman–Crippen LogP) is 2.97. The lowest BCUT2D eigenvalue weighted by atomic mass is 9.98. The molecule has 0 spiro atoms. The largest absolute Gasteiger partial charge is 0.496 e. The molecule has 2 aromatic carbocycles. The van der Waals surface area contributed by atoms with Crippen molar-refractivity contribution >= 4 is 11.9 Å². The van der Waals surface area contributed by atoms with Crippen LogP contribution >= 0.6 is 0 Å². The lowest BCUT2D eigenvalue weighted by molar-refractivity contribution is -0.141. The summed E-state index contributed by atoms with van der Waals surface area (Å²) in [6.07, 6.45) is 0.161. The molecular formula is C19H19F2NO5. The molecule has 0 aliphatic carbocycles. The number of rotatable bonds is 9. The van der Waals surface area contributed by atoms with E-state index >= 15 is 0 Å². The summed E-state index contributed by atoms with van der Waals surface area (Å²) in [6.45, 7) is -3.13. The average Bonchev–Trinajstić information content (AvgIpc) is 2.64. The minimum Gasteiger partial charge on any atom is -0.496 e. The smallest absolute Gasteiger partial charge is 0.387 e. The minimum absolute atomic E-state index is 0.0922. The van der Waals surface area contributed by atoms with Crippen LogP contribution in [0.5, 0.6) is 11.5 Å². The fourth-order valence-electron chi connectivity index (χ4n) is 2.52. The minimum atomic E-state index is -3.00. The molecule has 6 nitrogen and oxygen atoms in total. The number of halogens is 2. The molecule has 0 bridgehead atoms. The summed E-state index contributed by atoms with van der Waals surface area (Å²) in [4.78, 5) is 23.7. The van der Waals surface area contributed by atoms with E-state index in [-0.39, 0.29) is 24.3 Å². The second-order valence-electron chi connectivity index (χ2n) is 5.67. The van der Waals surface area contributed by atoms with Crippen molar-refractivity contribution in [3.8, 4) is 11.5 Å². The number of nitrogens with one attached hydrogen (secondary N) is 1. The molecule has 2 aromatic rings. The molecule has 2 N–H and O–H groups in total. The first-order chi connectivity index (χ1) is 12.9. The number of hydrogen-bond acceptors (Lipinski definition) is 4. The number of carboxylic acid groups (broad SMARTS) is 1. The summed E-state index contributed by atoms with van der Waals surface area (Å²) in [7, 11) is 1.49. The van der Waals surface area contributed by atoms with Crippen LogP contribution in [0.1, 0.15) is 15.9 Å². The van der Waals surface area contributed by atoms with Gasteiger partial charge in [-0.15, -0.1) is 0 Å². The fraction of sp³-hybridized carbons (Fsp3) is 0.263. The average molecular weight is 379 g/mol. The number of carbonyl (C=O) groups is 2. The number of carbonyl (C=O) groups excluding carboxylic acids is 1. The molecule has 0 aliphatic heterocycles. The Kier molecular flexibility index (Phi) is 7.10. The number of aliphatic carboxylic acids is 1. The van der Waals surface area contributed by atoms with E-state index in [1.54, 1.807) is 24.3 Å². The van der Waals surface area contributed by atoms with E-state index in [0.29, 0.717) is 11.3 Å². The van der Waals surface area contributed by atoms with Crippen LogP contribution in [0.4, 0.5) is 8.78 Å². The summed E-state index contributed by atoms with van der Waals surface area (Å²) in [5, 5.41) is 11.9. The van der Waals surface area contributed by atoms with Crippen LogP contribution in [0.2, 0.25) is 0 Å². The topological polar surface area (TPSA) is 84.9 Å². The number of hydrogen-bond donors (Lipinski definition) is 2. The standard InChI is InChI=1S/C19H19F2NO5/c1-26-16-8-3-2-5-12(16)9-14(18(24)25)11-22-17(23)13-6-4-7-15(10-13)27-19(20)21/h2-8,10,14,19H,9,11H2,1H3,(H,22,23)(H,24,25). The first-order valence-electron chi connectivity index (χ1n) is 8.08. The maximum absolute atomic E-state index is 12.3. The summed E-state index contributed by atoms with van der Waals surface area (Å²) in [6, 6.07) is 12.3. The van der Waals surface area contributed by atoms with Gasteiger partial charge in [-0.3, -0.25) is 9.59 Å². The molecule has 2 rings (SSSR count). The lowest BCUT2D eigenvalue weighted by Crippen LogP contribution is -2.34. The number of carboxylic acids is 1. The van der Waals surface area contributed by atoms with Gasteiger partial charge in [0.15, 0.2) is 0 Å². The van der Waals surface area contributed by atoms with Crippen LogP contribution in [-0.2, 0) is 11.2 Å². The van der Waals surface area contributed by atoms with Gasteiger partial charge in [0.05, 0.1) is 13.0 Å². The van der Waals surface area contributed by atoms with Gasteiger partial charge in [-0.25, -0.2) is 0 Å².